The van der Waals surface area contributed by atoms with Crippen molar-refractivity contribution in [3.8, 4) is 27.8 Å². The van der Waals surface area contributed by atoms with E-state index in [1.165, 1.54) is 5.56 Å². The normalized spacial score (nSPS) is 11.3. The summed E-state index contributed by atoms with van der Waals surface area (Å²) in [5.41, 5.74) is 4.11. The van der Waals surface area contributed by atoms with E-state index < -0.39 is 0 Å². The summed E-state index contributed by atoms with van der Waals surface area (Å²) in [5, 5.41) is 11.9. The first kappa shape index (κ1) is 20.7. The van der Waals surface area contributed by atoms with Crippen molar-refractivity contribution in [3.63, 3.8) is 0 Å². The van der Waals surface area contributed by atoms with Crippen LogP contribution >= 0.6 is 23.1 Å². The average Bonchev–Trinajstić information content (AvgIpc) is 3.59. The molecule has 0 unspecified atom stereocenters. The molecule has 0 aliphatic heterocycles. The number of para-hydroxylation sites is 1. The largest absolute Gasteiger partial charge is 0.444 e. The molecule has 4 aromatic heterocycles. The fourth-order valence-electron chi connectivity index (χ4n) is 3.47. The summed E-state index contributed by atoms with van der Waals surface area (Å²) >= 11 is 3.20. The lowest BCUT2D eigenvalue weighted by Gasteiger charge is -2.16. The van der Waals surface area contributed by atoms with Gasteiger partial charge in [-0.3, -0.25) is 9.55 Å². The van der Waals surface area contributed by atoms with E-state index in [1.807, 2.05) is 41.9 Å². The van der Waals surface area contributed by atoms with Gasteiger partial charge in [0, 0.05) is 23.7 Å². The predicted octanol–water partition coefficient (Wildman–Crippen LogP) is 6.46. The van der Waals surface area contributed by atoms with Crippen molar-refractivity contribution >= 4 is 23.1 Å². The van der Waals surface area contributed by atoms with Crippen molar-refractivity contribution < 1.29 is 4.42 Å². The Morgan fingerprint density at radius 1 is 1.06 bits per heavy atom. The molecule has 0 atom stereocenters. The topological polar surface area (TPSA) is 69.6 Å². The van der Waals surface area contributed by atoms with Crippen LogP contribution < -0.4 is 0 Å². The van der Waals surface area contributed by atoms with Gasteiger partial charge in [-0.1, -0.05) is 49.9 Å². The number of thiophene rings is 1. The molecule has 0 aliphatic carbocycles. The minimum Gasteiger partial charge on any atom is -0.444 e. The molecule has 5 rings (SSSR count). The molecule has 0 saturated carbocycles. The molecule has 160 valence electrons. The van der Waals surface area contributed by atoms with Crippen LogP contribution in [0, 0.1) is 0 Å². The highest BCUT2D eigenvalue weighted by molar-refractivity contribution is 7.98. The fraction of sp³-hybridized carbons (Fsp3) is 0.167. The molecule has 8 heteroatoms. The maximum absolute atomic E-state index is 5.67. The Balaban J connectivity index is 1.51. The Hall–Kier alpha value is -3.23. The van der Waals surface area contributed by atoms with E-state index in [9.17, 15) is 0 Å². The number of aromatic nitrogens is 5. The lowest BCUT2D eigenvalue weighted by atomic mass is 10.0. The van der Waals surface area contributed by atoms with Crippen LogP contribution in [0.15, 0.2) is 82.1 Å². The van der Waals surface area contributed by atoms with E-state index in [0.717, 1.165) is 32.8 Å². The van der Waals surface area contributed by atoms with E-state index in [1.54, 1.807) is 35.6 Å². The number of pyridine rings is 1. The monoisotopic (exact) mass is 459 g/mol. The van der Waals surface area contributed by atoms with Gasteiger partial charge in [-0.25, -0.2) is 4.98 Å². The van der Waals surface area contributed by atoms with E-state index in [4.69, 9.17) is 4.42 Å². The maximum atomic E-state index is 5.67. The van der Waals surface area contributed by atoms with Gasteiger partial charge in [0.2, 0.25) is 5.89 Å². The molecule has 5 aromatic rings. The van der Waals surface area contributed by atoms with Gasteiger partial charge in [0.05, 0.1) is 16.3 Å². The molecule has 0 N–H and O–H groups in total. The summed E-state index contributed by atoms with van der Waals surface area (Å²) in [5.74, 6) is 2.41. The number of hydrogen-bond acceptors (Lipinski definition) is 7. The molecule has 0 fully saturated rings. The minimum absolute atomic E-state index is 0.358. The SMILES string of the molecule is CC(C)c1ccccc1-n1c(SCc2coc(-c3cccs3)n2)nnc1-c1cccnc1. The van der Waals surface area contributed by atoms with Crippen LogP contribution in [0.2, 0.25) is 0 Å². The Kier molecular flexibility index (Phi) is 5.87. The molecule has 0 bridgehead atoms. The Morgan fingerprint density at radius 2 is 1.97 bits per heavy atom. The van der Waals surface area contributed by atoms with Crippen molar-refractivity contribution in [1.29, 1.82) is 0 Å². The van der Waals surface area contributed by atoms with Gasteiger partial charge < -0.3 is 4.42 Å². The summed E-state index contributed by atoms with van der Waals surface area (Å²) in [6.45, 7) is 4.39. The highest BCUT2D eigenvalue weighted by Gasteiger charge is 2.20. The fourth-order valence-corrected chi connectivity index (χ4v) is 4.94. The second kappa shape index (κ2) is 9.10. The van der Waals surface area contributed by atoms with Gasteiger partial charge in [0.1, 0.15) is 6.26 Å². The Morgan fingerprint density at radius 3 is 2.75 bits per heavy atom. The Labute approximate surface area is 194 Å². The van der Waals surface area contributed by atoms with Gasteiger partial charge in [0.25, 0.3) is 0 Å². The summed E-state index contributed by atoms with van der Waals surface area (Å²) in [6.07, 6.45) is 5.29. The molecule has 0 amide bonds. The molecule has 1 aromatic carbocycles. The molecular formula is C24H21N5OS2. The zero-order valence-corrected chi connectivity index (χ0v) is 19.3. The predicted molar refractivity (Wildman–Crippen MR) is 128 cm³/mol. The van der Waals surface area contributed by atoms with Gasteiger partial charge in [-0.15, -0.1) is 21.5 Å². The summed E-state index contributed by atoms with van der Waals surface area (Å²) in [4.78, 5) is 9.93. The number of oxazole rings is 1. The molecule has 0 saturated heterocycles. The number of nitrogens with zero attached hydrogens (tertiary/aromatic N) is 5. The van der Waals surface area contributed by atoms with Crippen molar-refractivity contribution in [2.24, 2.45) is 0 Å². The highest BCUT2D eigenvalue weighted by atomic mass is 32.2. The first-order valence-corrected chi connectivity index (χ1v) is 12.1. The first-order valence-electron chi connectivity index (χ1n) is 10.3. The minimum atomic E-state index is 0.358. The van der Waals surface area contributed by atoms with Gasteiger partial charge in [0.15, 0.2) is 11.0 Å². The number of benzene rings is 1. The number of hydrogen-bond donors (Lipinski definition) is 0. The average molecular weight is 460 g/mol. The molecular weight excluding hydrogens is 438 g/mol. The summed E-state index contributed by atoms with van der Waals surface area (Å²) in [6, 6.07) is 16.3. The van der Waals surface area contributed by atoms with Crippen LogP contribution in [-0.2, 0) is 5.75 Å². The standard InChI is InChI=1S/C24H21N5OS2/c1-16(2)19-8-3-4-9-20(19)29-22(17-7-5-11-25-13-17)27-28-24(29)32-15-18-14-30-23(26-18)21-10-6-12-31-21/h3-14,16H,15H2,1-2H3. The van der Waals surface area contributed by atoms with E-state index >= 15 is 0 Å². The molecule has 32 heavy (non-hydrogen) atoms. The second-order valence-electron chi connectivity index (χ2n) is 7.51. The summed E-state index contributed by atoms with van der Waals surface area (Å²) in [7, 11) is 0. The molecule has 4 heterocycles. The van der Waals surface area contributed by atoms with Crippen LogP contribution in [0.1, 0.15) is 31.0 Å². The zero-order valence-electron chi connectivity index (χ0n) is 17.7. The van der Waals surface area contributed by atoms with Crippen LogP contribution in [0.3, 0.4) is 0 Å². The number of thioether (sulfide) groups is 1. The third kappa shape index (κ3) is 4.11. The zero-order chi connectivity index (χ0) is 21.9. The summed E-state index contributed by atoms with van der Waals surface area (Å²) < 4.78 is 7.79. The third-order valence-corrected chi connectivity index (χ3v) is 6.81. The molecule has 0 aliphatic rings. The molecule has 6 nitrogen and oxygen atoms in total. The van der Waals surface area contributed by atoms with Crippen molar-refractivity contribution in [2.45, 2.75) is 30.7 Å². The third-order valence-electron chi connectivity index (χ3n) is 4.99. The van der Waals surface area contributed by atoms with Crippen molar-refractivity contribution in [2.75, 3.05) is 0 Å². The maximum Gasteiger partial charge on any atom is 0.236 e. The van der Waals surface area contributed by atoms with E-state index in [0.29, 0.717) is 17.6 Å². The van der Waals surface area contributed by atoms with Crippen molar-refractivity contribution in [1.82, 2.24) is 24.7 Å². The lowest BCUT2D eigenvalue weighted by molar-refractivity contribution is 0.575. The van der Waals surface area contributed by atoms with Gasteiger partial charge in [-0.05, 0) is 41.1 Å². The van der Waals surface area contributed by atoms with Crippen LogP contribution in [-0.4, -0.2) is 24.7 Å². The smallest absolute Gasteiger partial charge is 0.236 e. The Bertz CT molecular complexity index is 1310. The van der Waals surface area contributed by atoms with Crippen LogP contribution in [0.5, 0.6) is 0 Å². The first-order chi connectivity index (χ1) is 15.7. The second-order valence-corrected chi connectivity index (χ2v) is 9.40. The molecule has 0 radical (unpaired) electrons. The van der Waals surface area contributed by atoms with Gasteiger partial charge in [-0.2, -0.15) is 0 Å². The highest BCUT2D eigenvalue weighted by Crippen LogP contribution is 2.33. The van der Waals surface area contributed by atoms with Crippen LogP contribution in [0.4, 0.5) is 0 Å². The van der Waals surface area contributed by atoms with Gasteiger partial charge >= 0.3 is 0 Å². The number of rotatable bonds is 7. The van der Waals surface area contributed by atoms with Crippen molar-refractivity contribution in [3.05, 3.63) is 83.8 Å². The van der Waals surface area contributed by atoms with E-state index in [-0.39, 0.29) is 0 Å². The molecule has 0 spiro atoms. The quantitative estimate of drug-likeness (QED) is 0.260. The lowest BCUT2D eigenvalue weighted by Crippen LogP contribution is -2.05. The van der Waals surface area contributed by atoms with E-state index in [2.05, 4.69) is 56.8 Å². The van der Waals surface area contributed by atoms with Crippen LogP contribution in [0.25, 0.3) is 27.8 Å².